The number of nitrogens with one attached hydrogen (secondary N) is 2. The number of methoxy groups -OCH3 is 1. The van der Waals surface area contributed by atoms with Crippen LogP contribution < -0.4 is 72.9 Å². The first-order valence-electron chi connectivity index (χ1n) is 36.6. The van der Waals surface area contributed by atoms with Gasteiger partial charge in [0.2, 0.25) is 0 Å². The topological polar surface area (TPSA) is 271 Å². The fourth-order valence-corrected chi connectivity index (χ4v) is 15.2. The second-order valence-corrected chi connectivity index (χ2v) is 34.5. The van der Waals surface area contributed by atoms with Crippen LogP contribution in [0.25, 0.3) is 22.1 Å². The van der Waals surface area contributed by atoms with Gasteiger partial charge in [-0.25, -0.2) is 41.4 Å². The largest absolute Gasteiger partial charge is 1.00 e. The Labute approximate surface area is 642 Å². The van der Waals surface area contributed by atoms with Gasteiger partial charge < -0.3 is 40.5 Å². The van der Waals surface area contributed by atoms with Crippen LogP contribution >= 0.6 is 0 Å². The van der Waals surface area contributed by atoms with Crippen molar-refractivity contribution in [3.63, 3.8) is 0 Å². The zero-order valence-electron chi connectivity index (χ0n) is 61.4. The van der Waals surface area contributed by atoms with Crippen molar-refractivity contribution in [3.8, 4) is 11.8 Å². The number of amides is 1. The van der Waals surface area contributed by atoms with Crippen LogP contribution in [0.1, 0.15) is 249 Å². The number of carbonyl (C=O) groups is 3. The van der Waals surface area contributed by atoms with Crippen molar-refractivity contribution in [3.05, 3.63) is 142 Å². The normalized spacial score (nSPS) is 20.4. The third-order valence-electron chi connectivity index (χ3n) is 20.1. The summed E-state index contributed by atoms with van der Waals surface area (Å²) in [6.07, 6.45) is 30.9. The van der Waals surface area contributed by atoms with Gasteiger partial charge in [-0.1, -0.05) is 130 Å². The summed E-state index contributed by atoms with van der Waals surface area (Å²) in [4.78, 5) is 50.0. The Morgan fingerprint density at radius 3 is 1.45 bits per heavy atom. The van der Waals surface area contributed by atoms with E-state index in [0.717, 1.165) is 93.4 Å². The van der Waals surface area contributed by atoms with E-state index in [4.69, 9.17) is 15.5 Å². The van der Waals surface area contributed by atoms with E-state index in [2.05, 4.69) is 74.5 Å². The van der Waals surface area contributed by atoms with Gasteiger partial charge in [0, 0.05) is 78.4 Å². The Bertz CT molecular complexity index is 4190. The van der Waals surface area contributed by atoms with Gasteiger partial charge in [-0.2, -0.15) is 0 Å². The number of esters is 1. The number of ether oxygens (including phenoxy) is 1. The van der Waals surface area contributed by atoms with Crippen molar-refractivity contribution in [2.75, 3.05) is 23.9 Å². The number of pyridine rings is 3. The Balaban J connectivity index is 0.000000174. The molecule has 0 radical (unpaired) electrons. The number of hydrogen-bond donors (Lipinski definition) is 4. The molecule has 0 aliphatic heterocycles. The van der Waals surface area contributed by atoms with Gasteiger partial charge in [-0.05, 0) is 191 Å². The molecule has 101 heavy (non-hydrogen) atoms. The van der Waals surface area contributed by atoms with E-state index < -0.39 is 31.2 Å². The second-order valence-electron chi connectivity index (χ2n) is 30.0. The van der Waals surface area contributed by atoms with Crippen LogP contribution in [-0.4, -0.2) is 94.1 Å². The van der Waals surface area contributed by atoms with E-state index in [-0.39, 0.29) is 80.3 Å². The molecule has 6 fully saturated rings. The minimum atomic E-state index is -3.22. The molecule has 5 N–H and O–H groups in total. The molecule has 0 saturated heterocycles. The van der Waals surface area contributed by atoms with Crippen LogP contribution in [0.15, 0.2) is 107 Å². The predicted molar refractivity (Wildman–Crippen MR) is 395 cm³/mol. The van der Waals surface area contributed by atoms with Gasteiger partial charge in [0.25, 0.3) is 5.91 Å². The summed E-state index contributed by atoms with van der Waals surface area (Å²) in [5, 5.41) is 27.6. The maximum absolute atomic E-state index is 12.9. The molecule has 13 rings (SSSR count). The monoisotopic (exact) mass is 1440 g/mol. The van der Waals surface area contributed by atoms with Crippen LogP contribution in [-0.2, 0) is 50.3 Å². The molecule has 5 heterocycles. The average molecular weight is 1440 g/mol. The van der Waals surface area contributed by atoms with E-state index in [0.29, 0.717) is 58.1 Å². The van der Waals surface area contributed by atoms with E-state index >= 15 is 0 Å². The van der Waals surface area contributed by atoms with Crippen LogP contribution in [0.2, 0.25) is 0 Å². The molecule has 0 unspecified atom stereocenters. The SMILES string of the molecule is CC(C)(C)[O-].CC1CCC(Cc2cc3cc(C(=O)O)cnc3n2C2CC2)CC1.CCS(=O)(=O)c1ccc(CN)cc1.CCS(=O)(=O)c1ccc(CNC(=O)c2cnc3c(c2)cc(CC2CCC(C)CC2)n3C2CC2)cc1.COC(=O)c1cnc(NC2CC2)c(C#CCC2CCC(C)CC2)c1.[K+]. The van der Waals surface area contributed by atoms with Crippen LogP contribution in [0.5, 0.6) is 0 Å². The van der Waals surface area contributed by atoms with E-state index in [1.54, 1.807) is 108 Å². The minimum absolute atomic E-state index is 0. The third-order valence-corrected chi connectivity index (χ3v) is 23.6. The summed E-state index contributed by atoms with van der Waals surface area (Å²) in [7, 11) is -4.90. The molecule has 5 aromatic heterocycles. The van der Waals surface area contributed by atoms with Gasteiger partial charge in [-0.3, -0.25) is 4.79 Å². The zero-order chi connectivity index (χ0) is 71.9. The second kappa shape index (κ2) is 37.3. The maximum Gasteiger partial charge on any atom is 1.00 e. The number of carboxylic acid groups (broad SMARTS) is 1. The molecular formula is C80H107KN8O10S2. The number of aromatic carboxylic acids is 1. The first-order chi connectivity index (χ1) is 47.7. The average Bonchev–Trinajstić information content (AvgIpc) is 1.62. The summed E-state index contributed by atoms with van der Waals surface area (Å²) in [5.41, 5.74) is 13.2. The molecule has 0 bridgehead atoms. The van der Waals surface area contributed by atoms with E-state index in [9.17, 15) is 41.4 Å². The van der Waals surface area contributed by atoms with Gasteiger partial charge >= 0.3 is 63.3 Å². The molecule has 7 aromatic rings. The summed E-state index contributed by atoms with van der Waals surface area (Å²) in [5.74, 6) is 10.9. The van der Waals surface area contributed by atoms with Crippen molar-refractivity contribution in [2.45, 2.75) is 237 Å². The number of sulfone groups is 2. The van der Waals surface area contributed by atoms with E-state index in [1.807, 2.05) is 6.07 Å². The van der Waals surface area contributed by atoms with E-state index in [1.165, 1.54) is 140 Å². The fraction of sp³-hybridized carbons (Fsp3) is 0.550. The summed E-state index contributed by atoms with van der Waals surface area (Å²) >= 11 is 0. The van der Waals surface area contributed by atoms with Crippen molar-refractivity contribution in [1.82, 2.24) is 29.4 Å². The number of rotatable bonds is 19. The number of aromatic nitrogens is 5. The van der Waals surface area contributed by atoms with Crippen LogP contribution in [0.3, 0.4) is 0 Å². The predicted octanol–water partition coefficient (Wildman–Crippen LogP) is 12.0. The zero-order valence-corrected chi connectivity index (χ0v) is 66.1. The molecule has 2 aromatic carbocycles. The third kappa shape index (κ3) is 24.4. The van der Waals surface area contributed by atoms with Crippen molar-refractivity contribution < 1.29 is 97.6 Å². The van der Waals surface area contributed by atoms with Gasteiger partial charge in [0.15, 0.2) is 19.7 Å². The molecule has 18 nitrogen and oxygen atoms in total. The molecule has 6 aliphatic rings. The number of fused-ring (bicyclic) bond motifs is 2. The Hall–Kier alpha value is -5.80. The minimum Gasteiger partial charge on any atom is -0.850 e. The molecule has 1 amide bonds. The smallest absolute Gasteiger partial charge is 0.850 e. The molecular weight excluding hydrogens is 1340 g/mol. The first kappa shape index (κ1) is 80.9. The molecule has 21 heteroatoms. The molecule has 6 aliphatic carbocycles. The van der Waals surface area contributed by atoms with Gasteiger partial charge in [-0.15, -0.1) is 5.60 Å². The quantitative estimate of drug-likeness (QED) is 0.0333. The number of anilines is 1. The molecule has 540 valence electrons. The van der Waals surface area contributed by atoms with Gasteiger partial charge in [0.05, 0.1) is 50.7 Å². The summed E-state index contributed by atoms with van der Waals surface area (Å²) in [6.45, 7) is 16.0. The van der Waals surface area contributed by atoms with Gasteiger partial charge in [0.1, 0.15) is 17.1 Å². The standard InChI is InChI=1S/C28H35N3O3S.C20H26N2O2.C19H24N2O2.C9H13NO2S.C4H9O.K/c1-3-35(33,34)26-12-8-21(9-13-26)17-30-28(32)23-15-22-16-25(14-20-6-4-19(2)5-7-20)31(24-10-11-24)27(22)29-18-23;1-14-6-8-15(9-7-14)4-3-5-16-12-17(20(23)24-2)13-21-19(16)22-18-10-11-18;1-12-2-4-13(5-3-12)8-17-10-14-9-15(19(22)23)11-20-18(14)21(17)16-6-7-16;1-2-13(11,12)9-5-3-8(7-10)4-6-9;1-4(2,3)5;/h8-9,12-13,15-16,18-20,24H,3-7,10-11,14,17H2,1-2H3,(H,30,32);12-15,18H,4,6-11H2,1-2H3,(H,21,22);9-13,16H,2-8H2,1H3,(H,22,23);3-6H,2,7,10H2,1H3;1-3H3;/q;;;;-1;+1. The number of nitrogens with two attached hydrogens (primary N) is 1. The molecule has 0 atom stereocenters. The van der Waals surface area contributed by atoms with Crippen molar-refractivity contribution >= 4 is 65.4 Å². The number of carboxylic acids is 1. The molecule has 6 saturated carbocycles. The summed E-state index contributed by atoms with van der Waals surface area (Å²) in [6, 6.07) is 25.0. The first-order valence-corrected chi connectivity index (χ1v) is 39.9. The Kier molecular flexibility index (Phi) is 29.8. The maximum atomic E-state index is 12.9. The Morgan fingerprint density at radius 1 is 0.604 bits per heavy atom. The number of nitrogens with zero attached hydrogens (tertiary/aromatic N) is 5. The van der Waals surface area contributed by atoms with Crippen molar-refractivity contribution in [1.29, 1.82) is 0 Å². The Morgan fingerprint density at radius 2 is 1.03 bits per heavy atom. The fourth-order valence-electron chi connectivity index (χ4n) is 13.4. The number of carbonyl (C=O) groups excluding carboxylic acids is 2. The molecule has 0 spiro atoms. The van der Waals surface area contributed by atoms with Crippen molar-refractivity contribution in [2.24, 2.45) is 41.2 Å². The van der Waals surface area contributed by atoms with Crippen LogP contribution in [0, 0.1) is 47.3 Å². The summed E-state index contributed by atoms with van der Waals surface area (Å²) < 4.78 is 56.3. The number of hydrogen-bond acceptors (Lipinski definition) is 14. The number of benzene rings is 2. The van der Waals surface area contributed by atoms with Crippen LogP contribution in [0.4, 0.5) is 5.82 Å².